The molecule has 27 unspecified atom stereocenters. The number of rotatable bonds is 35. The summed E-state index contributed by atoms with van der Waals surface area (Å²) < 4.78 is 118. The highest BCUT2D eigenvalue weighted by atomic mass is 16.9. The van der Waals surface area contributed by atoms with Gasteiger partial charge in [0.2, 0.25) is 6.29 Å². The van der Waals surface area contributed by atoms with E-state index in [9.17, 15) is 107 Å². The van der Waals surface area contributed by atoms with Crippen molar-refractivity contribution in [2.24, 2.45) is 44.8 Å². The molecule has 1 aromatic carbocycles. The van der Waals surface area contributed by atoms with Crippen molar-refractivity contribution in [2.45, 2.75) is 442 Å². The molecule has 48 atom stereocenters. The zero-order valence-corrected chi connectivity index (χ0v) is 78.2. The molecule has 0 radical (unpaired) electrons. The zero-order chi connectivity index (χ0) is 97.2. The maximum Gasteiger partial charge on any atom is 0.317 e. The molecular weight excluding hydrogens is 1780 g/mol. The van der Waals surface area contributed by atoms with Gasteiger partial charge in [-0.15, -0.1) is 0 Å². The van der Waals surface area contributed by atoms with Crippen LogP contribution in [0.2, 0.25) is 0 Å². The van der Waals surface area contributed by atoms with Crippen molar-refractivity contribution < 1.29 is 202 Å². The molecule has 9 heterocycles. The standard InChI is InChI=1S/C94H148O41/c1-42-56(101)62(107)76(131-83-70(115)75(71(43(2)122-83)126-79-64(109)57(102)48(98)40-119-79)130-84-69(114)73(60(105)51(38-96)124-84)128-80-65(110)58(103)49(99)41-120-80)85(121-42)135-88(116)94-33-32-89(3,4)35-46(94)45-26-27-52-90(5)30-29-55(93(8,117-9)53(90)28-31-91(52,6)92(45,7)36-54(94)100)125-87-78(133-81-66(111)61(106)59(104)50(37-95)123-81)74(129-82-67(112)63(108)77-86(132-77)134-82)68(113)72(127-87)47(97)25-21-16-14-12-10-11-13-15-17-22-34-118-39-44-23-19-18-20-24-44/h18-20,23-24,26,42-43,46,48-87,95-96,98-115H,10-17,21-22,25,27-41H2,1-9H3/t42?,43?,46?,48-,49-,50?,51?,52?,53-,54+,55+,56+,57+,58+,59?,60-,61?,62+,63?,64?,65?,66?,67?,68-,69?,70+,71+,72?,73+,74+,75?,76?,77?,78?,79+,80+,81?,82?,83?,84+,85+,86?,87-,90?,91?,92-,93?,94?/m1/s1. The Balaban J connectivity index is 0.665. The van der Waals surface area contributed by atoms with Crippen molar-refractivity contribution in [1.29, 1.82) is 0 Å². The minimum Gasteiger partial charge on any atom is -0.432 e. The molecule has 0 aromatic heterocycles. The van der Waals surface area contributed by atoms with Gasteiger partial charge in [0.15, 0.2) is 62.2 Å². The number of benzene rings is 1. The Labute approximate surface area is 784 Å². The predicted molar refractivity (Wildman–Crippen MR) is 458 cm³/mol. The van der Waals surface area contributed by atoms with E-state index in [1.807, 2.05) is 37.3 Å². The fourth-order valence-corrected chi connectivity index (χ4v) is 24.6. The molecule has 15 rings (SSSR count). The first-order valence-corrected chi connectivity index (χ1v) is 48.6. The highest BCUT2D eigenvalue weighted by molar-refractivity contribution is 5.84. The van der Waals surface area contributed by atoms with Crippen LogP contribution in [0, 0.1) is 44.8 Å². The van der Waals surface area contributed by atoms with Gasteiger partial charge in [0.1, 0.15) is 164 Å². The molecule has 14 aliphatic rings. The molecule has 13 fully saturated rings. The van der Waals surface area contributed by atoms with Crippen molar-refractivity contribution in [3.8, 4) is 0 Å². The summed E-state index contributed by atoms with van der Waals surface area (Å²) in [6, 6.07) is 10.1. The highest BCUT2D eigenvalue weighted by Crippen LogP contribution is 2.76. The number of ether oxygens (including phenoxy) is 19. The van der Waals surface area contributed by atoms with E-state index in [-0.39, 0.29) is 37.5 Å². The molecule has 1 aromatic rings. The molecular formula is C94H148O41. The molecule has 0 amide bonds. The number of Topliss-reactive ketones (excluding diaryl/α,β-unsaturated/α-hetero) is 1. The Morgan fingerprint density at radius 1 is 0.444 bits per heavy atom. The van der Waals surface area contributed by atoms with E-state index in [4.69, 9.17) is 90.0 Å². The molecule has 9 saturated heterocycles. The molecule has 0 spiro atoms. The van der Waals surface area contributed by atoms with Gasteiger partial charge in [0.05, 0.1) is 63.1 Å². The van der Waals surface area contributed by atoms with Gasteiger partial charge in [-0.05, 0) is 136 Å². The summed E-state index contributed by atoms with van der Waals surface area (Å²) in [5.74, 6) is -2.67. The zero-order valence-electron chi connectivity index (χ0n) is 78.2. The maximum absolute atomic E-state index is 16.2. The van der Waals surface area contributed by atoms with Crippen LogP contribution in [-0.2, 0) is 106 Å². The lowest BCUT2D eigenvalue weighted by Gasteiger charge is -2.71. The lowest BCUT2D eigenvalue weighted by Crippen LogP contribution is -2.70. The normalized spacial score (nSPS) is 49.7. The Morgan fingerprint density at radius 2 is 0.985 bits per heavy atom. The number of hydrogen-bond donors (Lipinski definition) is 20. The van der Waals surface area contributed by atoms with Crippen LogP contribution in [0.4, 0.5) is 0 Å². The monoisotopic (exact) mass is 1930 g/mol. The van der Waals surface area contributed by atoms with Gasteiger partial charge >= 0.3 is 5.97 Å². The Morgan fingerprint density at radius 3 is 1.62 bits per heavy atom. The molecule has 770 valence electrons. The molecule has 4 saturated carbocycles. The summed E-state index contributed by atoms with van der Waals surface area (Å²) >= 11 is 0. The largest absolute Gasteiger partial charge is 0.432 e. The van der Waals surface area contributed by atoms with Gasteiger partial charge in [-0.3, -0.25) is 9.59 Å². The minimum atomic E-state index is -2.21. The minimum absolute atomic E-state index is 0.0456. The first-order valence-electron chi connectivity index (χ1n) is 48.6. The molecule has 41 heteroatoms. The number of hydrogen-bond acceptors (Lipinski definition) is 41. The fraction of sp³-hybridized carbons (Fsp3) is 0.894. The maximum atomic E-state index is 16.2. The SMILES string of the molecule is COC1(C)[C@@H](O[C@@H]2OC(C(=O)CCCCCCCCCCCCOCc3ccccc3)[C@@H](O)[C@H](OC3OC4OC4C(O)C3O)C2OC2OC(CO)C(O)C(O)C2O)CCC2(C)C3CC=C4C5CC(C)(C)CCC5(C(=O)O[C@@H]5OC(C)[C@H](O)[C@H](O)C5OC5OC(C)[C@H](O[C@@H]6OC[C@@H](O)[C@H](O)C6O)C(O[C@@H]6OC(CO)[C@@H](O)[C@H](O[C@@H]7OC[C@@H](O)[C@H](O)C7O)C6O)[C@@H]5O)[C@@H](O)C[C@@]4(C)C3(C)CC[C@H]21. The van der Waals surface area contributed by atoms with Crippen molar-refractivity contribution >= 4 is 11.8 Å². The van der Waals surface area contributed by atoms with Gasteiger partial charge < -0.3 is 192 Å². The fourth-order valence-electron chi connectivity index (χ4n) is 24.6. The van der Waals surface area contributed by atoms with E-state index in [2.05, 4.69) is 40.7 Å². The number of aliphatic hydroxyl groups excluding tert-OH is 20. The number of epoxide rings is 1. The second kappa shape index (κ2) is 43.5. The molecule has 135 heavy (non-hydrogen) atoms. The summed E-state index contributed by atoms with van der Waals surface area (Å²) in [6.07, 6.45) is -55.1. The molecule has 20 N–H and O–H groups in total. The molecule has 0 bridgehead atoms. The van der Waals surface area contributed by atoms with Crippen LogP contribution in [0.1, 0.15) is 189 Å². The summed E-state index contributed by atoms with van der Waals surface area (Å²) in [4.78, 5) is 31.2. The van der Waals surface area contributed by atoms with Gasteiger partial charge in [0.25, 0.3) is 0 Å². The third-order valence-corrected chi connectivity index (χ3v) is 33.1. The number of unbranched alkanes of at least 4 members (excludes halogenated alkanes) is 9. The predicted octanol–water partition coefficient (Wildman–Crippen LogP) is -1.97. The van der Waals surface area contributed by atoms with Crippen LogP contribution in [0.3, 0.4) is 0 Å². The van der Waals surface area contributed by atoms with Gasteiger partial charge in [-0.25, -0.2) is 0 Å². The third kappa shape index (κ3) is 20.9. The first kappa shape index (κ1) is 106. The number of esters is 1. The average molecular weight is 1930 g/mol. The van der Waals surface area contributed by atoms with Crippen LogP contribution in [0.5, 0.6) is 0 Å². The topological polar surface area (TPSA) is 617 Å². The summed E-state index contributed by atoms with van der Waals surface area (Å²) in [7, 11) is 1.57. The van der Waals surface area contributed by atoms with E-state index in [1.165, 1.54) is 13.8 Å². The van der Waals surface area contributed by atoms with Crippen LogP contribution in [0.15, 0.2) is 42.0 Å². The van der Waals surface area contributed by atoms with E-state index in [0.29, 0.717) is 64.6 Å². The van der Waals surface area contributed by atoms with Gasteiger partial charge in [0, 0.05) is 20.1 Å². The first-order chi connectivity index (χ1) is 64.1. The summed E-state index contributed by atoms with van der Waals surface area (Å²) in [6.45, 7) is 13.9. The molecule has 41 nitrogen and oxygen atoms in total. The number of carbonyl (C=O) groups excluding carboxylic acids is 2. The van der Waals surface area contributed by atoms with Crippen molar-refractivity contribution in [1.82, 2.24) is 0 Å². The summed E-state index contributed by atoms with van der Waals surface area (Å²) in [5.41, 5.74) is -3.41. The Hall–Kier alpha value is -3.42. The number of allylic oxidation sites excluding steroid dienone is 2. The van der Waals surface area contributed by atoms with E-state index >= 15 is 4.79 Å². The van der Waals surface area contributed by atoms with Crippen LogP contribution in [-0.4, -0.2) is 405 Å². The number of aliphatic hydroxyl groups is 20. The quantitative estimate of drug-likeness (QED) is 0.0115. The number of fused-ring (bicyclic) bond motifs is 8. The number of ketones is 1. The molecule has 9 aliphatic heterocycles. The lowest BCUT2D eigenvalue weighted by atomic mass is 9.34. The number of methoxy groups -OCH3 is 1. The second-order valence-corrected chi connectivity index (χ2v) is 42.0. The van der Waals surface area contributed by atoms with E-state index < -0.39 is 323 Å². The average Bonchev–Trinajstić information content (AvgIpc) is 1.56. The molecule has 5 aliphatic carbocycles. The van der Waals surface area contributed by atoms with Crippen LogP contribution >= 0.6 is 0 Å². The highest BCUT2D eigenvalue weighted by Gasteiger charge is 2.74. The van der Waals surface area contributed by atoms with Gasteiger partial charge in [-0.2, -0.15) is 0 Å². The van der Waals surface area contributed by atoms with Crippen LogP contribution in [0.25, 0.3) is 0 Å². The van der Waals surface area contributed by atoms with Crippen molar-refractivity contribution in [2.75, 3.05) is 40.1 Å². The summed E-state index contributed by atoms with van der Waals surface area (Å²) in [5, 5.41) is 228. The smallest absolute Gasteiger partial charge is 0.317 e. The van der Waals surface area contributed by atoms with Crippen molar-refractivity contribution in [3.05, 3.63) is 47.5 Å². The lowest BCUT2D eigenvalue weighted by molar-refractivity contribution is -0.399. The second-order valence-electron chi connectivity index (χ2n) is 42.0. The van der Waals surface area contributed by atoms with Crippen LogP contribution < -0.4 is 0 Å². The van der Waals surface area contributed by atoms with Crippen molar-refractivity contribution in [3.63, 3.8) is 0 Å². The van der Waals surface area contributed by atoms with E-state index in [1.54, 1.807) is 7.11 Å². The van der Waals surface area contributed by atoms with Gasteiger partial charge in [-0.1, -0.05) is 128 Å². The van der Waals surface area contributed by atoms with E-state index in [0.717, 1.165) is 62.5 Å². The Kier molecular flexibility index (Phi) is 34.1. The number of carbonyl (C=O) groups is 2. The third-order valence-electron chi connectivity index (χ3n) is 33.1. The Bertz CT molecular complexity index is 4030.